The lowest BCUT2D eigenvalue weighted by Gasteiger charge is -2.34. The molecule has 0 spiro atoms. The van der Waals surface area contributed by atoms with Gasteiger partial charge in [-0.15, -0.1) is 0 Å². The van der Waals surface area contributed by atoms with Gasteiger partial charge in [-0.3, -0.25) is 4.79 Å². The summed E-state index contributed by atoms with van der Waals surface area (Å²) in [7, 11) is 0. The molecule has 1 saturated carbocycles. The number of aliphatic hydroxyl groups is 1. The number of hydrogen-bond donors (Lipinski definition) is 3. The van der Waals surface area contributed by atoms with Crippen LogP contribution in [0, 0.1) is 5.92 Å². The van der Waals surface area contributed by atoms with Gasteiger partial charge in [0.15, 0.2) is 0 Å². The van der Waals surface area contributed by atoms with Gasteiger partial charge >= 0.3 is 5.97 Å². The number of carboxylic acid groups (broad SMARTS) is 1. The first-order valence-electron chi connectivity index (χ1n) is 6.34. The molecule has 3 N–H and O–H groups in total. The van der Waals surface area contributed by atoms with Gasteiger partial charge in [0.2, 0.25) is 0 Å². The van der Waals surface area contributed by atoms with Crippen LogP contribution in [0.2, 0.25) is 0 Å². The molecule has 17 heavy (non-hydrogen) atoms. The molecular formula is C13H23NO3. The van der Waals surface area contributed by atoms with Crippen molar-refractivity contribution in [3.63, 3.8) is 0 Å². The van der Waals surface area contributed by atoms with E-state index in [1.54, 1.807) is 0 Å². The van der Waals surface area contributed by atoms with Crippen molar-refractivity contribution in [2.45, 2.75) is 44.6 Å². The standard InChI is InChI=1S/C13H23NO3/c1-2-3-4-9-14-10-13(17)7-5-11(6-8-13)12(15)16/h2-3,11,14,17H,4-10H2,1H3,(H,15,16)/b3-2+. The number of rotatable bonds is 6. The van der Waals surface area contributed by atoms with Crippen molar-refractivity contribution in [2.24, 2.45) is 5.92 Å². The fourth-order valence-corrected chi connectivity index (χ4v) is 2.25. The third-order valence-electron chi connectivity index (χ3n) is 3.44. The van der Waals surface area contributed by atoms with Crippen molar-refractivity contribution in [3.8, 4) is 0 Å². The van der Waals surface area contributed by atoms with Crippen LogP contribution in [-0.2, 0) is 4.79 Å². The van der Waals surface area contributed by atoms with Crippen molar-refractivity contribution in [2.75, 3.05) is 13.1 Å². The molecule has 0 aromatic rings. The molecule has 0 amide bonds. The van der Waals surface area contributed by atoms with Crippen LogP contribution in [0.4, 0.5) is 0 Å². The van der Waals surface area contributed by atoms with E-state index in [-0.39, 0.29) is 5.92 Å². The van der Waals surface area contributed by atoms with Gasteiger partial charge in [-0.2, -0.15) is 0 Å². The average Bonchev–Trinajstić information content (AvgIpc) is 2.29. The summed E-state index contributed by atoms with van der Waals surface area (Å²) in [6.07, 6.45) is 7.39. The first kappa shape index (κ1) is 14.2. The SMILES string of the molecule is C/C=C/CCNCC1(O)CCC(C(=O)O)CC1. The van der Waals surface area contributed by atoms with Gasteiger partial charge in [0.05, 0.1) is 11.5 Å². The van der Waals surface area contributed by atoms with E-state index in [4.69, 9.17) is 5.11 Å². The highest BCUT2D eigenvalue weighted by molar-refractivity contribution is 5.70. The Bertz CT molecular complexity index is 268. The summed E-state index contributed by atoms with van der Waals surface area (Å²) >= 11 is 0. The highest BCUT2D eigenvalue weighted by Crippen LogP contribution is 2.31. The van der Waals surface area contributed by atoms with Crippen LogP contribution < -0.4 is 5.32 Å². The van der Waals surface area contributed by atoms with Gasteiger partial charge in [0.25, 0.3) is 0 Å². The third-order valence-corrected chi connectivity index (χ3v) is 3.44. The molecule has 0 aliphatic heterocycles. The van der Waals surface area contributed by atoms with Crippen molar-refractivity contribution >= 4 is 5.97 Å². The number of allylic oxidation sites excluding steroid dienone is 1. The topological polar surface area (TPSA) is 69.6 Å². The van der Waals surface area contributed by atoms with E-state index in [1.165, 1.54) is 0 Å². The molecule has 98 valence electrons. The molecular weight excluding hydrogens is 218 g/mol. The van der Waals surface area contributed by atoms with Crippen LogP contribution in [0.1, 0.15) is 39.0 Å². The number of hydrogen-bond acceptors (Lipinski definition) is 3. The number of carbonyl (C=O) groups is 1. The second-order valence-electron chi connectivity index (χ2n) is 4.87. The van der Waals surface area contributed by atoms with Crippen LogP contribution in [-0.4, -0.2) is 34.9 Å². The molecule has 1 aliphatic rings. The Morgan fingerprint density at radius 1 is 1.47 bits per heavy atom. The molecule has 4 heteroatoms. The summed E-state index contributed by atoms with van der Waals surface area (Å²) < 4.78 is 0. The lowest BCUT2D eigenvalue weighted by Crippen LogP contribution is -2.44. The van der Waals surface area contributed by atoms with Gasteiger partial charge in [-0.05, 0) is 45.6 Å². The predicted octanol–water partition coefficient (Wildman–Crippen LogP) is 1.55. The Morgan fingerprint density at radius 3 is 2.65 bits per heavy atom. The Labute approximate surface area is 103 Å². The Hall–Kier alpha value is -0.870. The van der Waals surface area contributed by atoms with Gasteiger partial charge in [-0.25, -0.2) is 0 Å². The zero-order valence-corrected chi connectivity index (χ0v) is 10.5. The smallest absolute Gasteiger partial charge is 0.306 e. The van der Waals surface area contributed by atoms with Crippen molar-refractivity contribution < 1.29 is 15.0 Å². The van der Waals surface area contributed by atoms with E-state index in [0.717, 1.165) is 13.0 Å². The highest BCUT2D eigenvalue weighted by atomic mass is 16.4. The minimum absolute atomic E-state index is 0.265. The minimum atomic E-state index is -0.729. The summed E-state index contributed by atoms with van der Waals surface area (Å²) in [5.41, 5.74) is -0.706. The molecule has 0 saturated heterocycles. The van der Waals surface area contributed by atoms with Crippen LogP contribution >= 0.6 is 0 Å². The van der Waals surface area contributed by atoms with Gasteiger partial charge < -0.3 is 15.5 Å². The number of nitrogens with one attached hydrogen (secondary N) is 1. The largest absolute Gasteiger partial charge is 0.481 e. The Morgan fingerprint density at radius 2 is 2.12 bits per heavy atom. The monoisotopic (exact) mass is 241 g/mol. The molecule has 0 unspecified atom stereocenters. The van der Waals surface area contributed by atoms with Crippen LogP contribution in [0.3, 0.4) is 0 Å². The van der Waals surface area contributed by atoms with Crippen molar-refractivity contribution in [3.05, 3.63) is 12.2 Å². The van der Waals surface area contributed by atoms with Crippen LogP contribution in [0.5, 0.6) is 0 Å². The molecule has 1 rings (SSSR count). The molecule has 4 nitrogen and oxygen atoms in total. The van der Waals surface area contributed by atoms with Gasteiger partial charge in [0.1, 0.15) is 0 Å². The summed E-state index contributed by atoms with van der Waals surface area (Å²) in [6, 6.07) is 0. The fourth-order valence-electron chi connectivity index (χ4n) is 2.25. The average molecular weight is 241 g/mol. The molecule has 0 heterocycles. The second-order valence-corrected chi connectivity index (χ2v) is 4.87. The summed E-state index contributed by atoms with van der Waals surface area (Å²) in [6.45, 7) is 3.41. The Kier molecular flexibility index (Phi) is 5.65. The third kappa shape index (κ3) is 4.88. The van der Waals surface area contributed by atoms with Crippen LogP contribution in [0.25, 0.3) is 0 Å². The maximum Gasteiger partial charge on any atom is 0.306 e. The first-order valence-corrected chi connectivity index (χ1v) is 6.34. The second kappa shape index (κ2) is 6.77. The maximum absolute atomic E-state index is 10.8. The van der Waals surface area contributed by atoms with Crippen LogP contribution in [0.15, 0.2) is 12.2 Å². The predicted molar refractivity (Wildman–Crippen MR) is 66.8 cm³/mol. The van der Waals surface area contributed by atoms with E-state index >= 15 is 0 Å². The molecule has 1 aliphatic carbocycles. The molecule has 0 aromatic heterocycles. The lowest BCUT2D eigenvalue weighted by molar-refractivity contribution is -0.144. The molecule has 0 atom stereocenters. The van der Waals surface area contributed by atoms with Gasteiger partial charge in [-0.1, -0.05) is 12.2 Å². The highest BCUT2D eigenvalue weighted by Gasteiger charge is 2.35. The molecule has 0 aromatic carbocycles. The molecule has 1 fully saturated rings. The summed E-state index contributed by atoms with van der Waals surface area (Å²) in [4.78, 5) is 10.8. The zero-order valence-electron chi connectivity index (χ0n) is 10.5. The fraction of sp³-hybridized carbons (Fsp3) is 0.769. The minimum Gasteiger partial charge on any atom is -0.481 e. The number of carboxylic acids is 1. The van der Waals surface area contributed by atoms with Gasteiger partial charge in [0, 0.05) is 6.54 Å². The first-order chi connectivity index (χ1) is 8.07. The van der Waals surface area contributed by atoms with E-state index in [2.05, 4.69) is 11.4 Å². The summed E-state index contributed by atoms with van der Waals surface area (Å²) in [5.74, 6) is -0.994. The Balaban J connectivity index is 2.22. The molecule has 0 radical (unpaired) electrons. The normalized spacial score (nSPS) is 29.6. The van der Waals surface area contributed by atoms with E-state index in [9.17, 15) is 9.90 Å². The van der Waals surface area contributed by atoms with E-state index in [0.29, 0.717) is 32.2 Å². The van der Waals surface area contributed by atoms with E-state index < -0.39 is 11.6 Å². The lowest BCUT2D eigenvalue weighted by atomic mass is 9.79. The maximum atomic E-state index is 10.8. The van der Waals surface area contributed by atoms with Crippen molar-refractivity contribution in [1.82, 2.24) is 5.32 Å². The quantitative estimate of drug-likeness (QED) is 0.487. The number of aliphatic carboxylic acids is 1. The molecule has 0 bridgehead atoms. The zero-order chi connectivity index (χ0) is 12.7. The summed E-state index contributed by atoms with van der Waals surface area (Å²) in [5, 5.41) is 22.4. The van der Waals surface area contributed by atoms with E-state index in [1.807, 2.05) is 13.0 Å². The van der Waals surface area contributed by atoms with Crippen molar-refractivity contribution in [1.29, 1.82) is 0 Å².